The van der Waals surface area contributed by atoms with Crippen molar-refractivity contribution >= 4 is 22.7 Å². The van der Waals surface area contributed by atoms with Gasteiger partial charge in [-0.3, -0.25) is 25.1 Å². The molecule has 2 aromatic heterocycles. The quantitative estimate of drug-likeness (QED) is 0.630. The van der Waals surface area contributed by atoms with E-state index in [0.717, 1.165) is 34.4 Å². The van der Waals surface area contributed by atoms with Gasteiger partial charge < -0.3 is 4.57 Å². The van der Waals surface area contributed by atoms with Gasteiger partial charge in [-0.05, 0) is 37.8 Å². The van der Waals surface area contributed by atoms with Gasteiger partial charge in [0.15, 0.2) is 0 Å². The lowest BCUT2D eigenvalue weighted by atomic mass is 10.1. The molecule has 0 spiro atoms. The molecule has 2 heterocycles. The van der Waals surface area contributed by atoms with Gasteiger partial charge in [-0.2, -0.15) is 5.10 Å². The van der Waals surface area contributed by atoms with Crippen molar-refractivity contribution < 1.29 is 9.59 Å². The number of hydrogen-bond acceptors (Lipinski definition) is 3. The van der Waals surface area contributed by atoms with Crippen molar-refractivity contribution in [2.75, 3.05) is 0 Å². The fourth-order valence-corrected chi connectivity index (χ4v) is 3.64. The first-order valence-corrected chi connectivity index (χ1v) is 9.94. The summed E-state index contributed by atoms with van der Waals surface area (Å²) >= 11 is 0. The van der Waals surface area contributed by atoms with Crippen LogP contribution in [0.3, 0.4) is 0 Å². The summed E-state index contributed by atoms with van der Waals surface area (Å²) in [5, 5.41) is 5.44. The second-order valence-electron chi connectivity index (χ2n) is 7.90. The number of hydrazine groups is 1. The minimum Gasteiger partial charge on any atom is -0.350 e. The summed E-state index contributed by atoms with van der Waals surface area (Å²) in [6, 6.07) is 7.67. The second kappa shape index (κ2) is 8.51. The summed E-state index contributed by atoms with van der Waals surface area (Å²) in [7, 11) is 1.89. The number of carbonyl (C=O) groups is 2. The van der Waals surface area contributed by atoms with Crippen molar-refractivity contribution in [3.63, 3.8) is 0 Å². The SMILES string of the molecule is Cc1nn(CC(C)C)c(C)c1CCC(=O)NNC(=O)c1cn(C)c2ccccc12. The number of amides is 2. The molecule has 0 aliphatic carbocycles. The molecule has 7 heteroatoms. The molecule has 3 rings (SSSR count). The van der Waals surface area contributed by atoms with Crippen LogP contribution in [0.1, 0.15) is 47.6 Å². The number of nitrogens with zero attached hydrogens (tertiary/aromatic N) is 3. The minimum absolute atomic E-state index is 0.228. The van der Waals surface area contributed by atoms with Gasteiger partial charge in [-0.1, -0.05) is 32.0 Å². The Labute approximate surface area is 171 Å². The summed E-state index contributed by atoms with van der Waals surface area (Å²) in [4.78, 5) is 24.8. The van der Waals surface area contributed by atoms with Crippen LogP contribution in [-0.2, 0) is 24.8 Å². The lowest BCUT2D eigenvalue weighted by Crippen LogP contribution is -2.41. The Balaban J connectivity index is 1.58. The Morgan fingerprint density at radius 3 is 2.59 bits per heavy atom. The molecule has 0 bridgehead atoms. The van der Waals surface area contributed by atoms with Crippen LogP contribution in [0.15, 0.2) is 30.5 Å². The van der Waals surface area contributed by atoms with E-state index in [1.165, 1.54) is 0 Å². The van der Waals surface area contributed by atoms with Gasteiger partial charge in [0.05, 0.1) is 11.3 Å². The van der Waals surface area contributed by atoms with Crippen molar-refractivity contribution in [3.05, 3.63) is 53.0 Å². The lowest BCUT2D eigenvalue weighted by Gasteiger charge is -2.09. The fourth-order valence-electron chi connectivity index (χ4n) is 3.64. The second-order valence-corrected chi connectivity index (χ2v) is 7.90. The standard InChI is InChI=1S/C22H29N5O2/c1-14(2)12-27-16(4)17(15(3)25-27)10-11-21(28)23-24-22(29)19-13-26(5)20-9-7-6-8-18(19)20/h6-9,13-14H,10-12H2,1-5H3,(H,23,28)(H,24,29). The molecule has 0 radical (unpaired) electrons. The molecule has 0 aliphatic heterocycles. The molecule has 3 aromatic rings. The van der Waals surface area contributed by atoms with Crippen molar-refractivity contribution in [3.8, 4) is 0 Å². The van der Waals surface area contributed by atoms with Crippen LogP contribution in [-0.4, -0.2) is 26.2 Å². The third-order valence-electron chi connectivity index (χ3n) is 5.13. The molecule has 0 saturated heterocycles. The zero-order valence-electron chi connectivity index (χ0n) is 17.7. The molecule has 0 atom stereocenters. The molecule has 154 valence electrons. The predicted octanol–water partition coefficient (Wildman–Crippen LogP) is 3.04. The van der Waals surface area contributed by atoms with E-state index in [4.69, 9.17) is 0 Å². The highest BCUT2D eigenvalue weighted by Crippen LogP contribution is 2.20. The van der Waals surface area contributed by atoms with Crippen LogP contribution in [0.5, 0.6) is 0 Å². The van der Waals surface area contributed by atoms with Crippen molar-refractivity contribution in [1.82, 2.24) is 25.2 Å². The maximum absolute atomic E-state index is 12.5. The van der Waals surface area contributed by atoms with Crippen LogP contribution in [0, 0.1) is 19.8 Å². The number of fused-ring (bicyclic) bond motifs is 1. The van der Waals surface area contributed by atoms with Crippen molar-refractivity contribution in [2.24, 2.45) is 13.0 Å². The zero-order valence-corrected chi connectivity index (χ0v) is 17.7. The first-order chi connectivity index (χ1) is 13.8. The molecule has 2 N–H and O–H groups in total. The third-order valence-corrected chi connectivity index (χ3v) is 5.13. The predicted molar refractivity (Wildman–Crippen MR) is 113 cm³/mol. The van der Waals surface area contributed by atoms with Crippen LogP contribution in [0.2, 0.25) is 0 Å². The minimum atomic E-state index is -0.327. The van der Waals surface area contributed by atoms with Crippen LogP contribution in [0.25, 0.3) is 10.9 Å². The topological polar surface area (TPSA) is 81.0 Å². The summed E-state index contributed by atoms with van der Waals surface area (Å²) < 4.78 is 3.90. The Morgan fingerprint density at radius 2 is 1.86 bits per heavy atom. The number of aromatic nitrogens is 3. The van der Waals surface area contributed by atoms with Gasteiger partial charge in [0, 0.05) is 42.8 Å². The Morgan fingerprint density at radius 1 is 1.14 bits per heavy atom. The number of hydrogen-bond donors (Lipinski definition) is 2. The largest absolute Gasteiger partial charge is 0.350 e. The van der Waals surface area contributed by atoms with E-state index in [1.807, 2.05) is 54.4 Å². The Kier molecular flexibility index (Phi) is 6.06. The number of para-hydroxylation sites is 1. The molecule has 0 fully saturated rings. The summed E-state index contributed by atoms with van der Waals surface area (Å²) in [5.74, 6) is -0.0466. The molecule has 29 heavy (non-hydrogen) atoms. The number of nitrogens with one attached hydrogen (secondary N) is 2. The molecule has 7 nitrogen and oxygen atoms in total. The van der Waals surface area contributed by atoms with Gasteiger partial charge >= 0.3 is 0 Å². The van der Waals surface area contributed by atoms with Crippen molar-refractivity contribution in [2.45, 2.75) is 47.1 Å². The smallest absolute Gasteiger partial charge is 0.271 e. The number of carbonyl (C=O) groups excluding carboxylic acids is 2. The highest BCUT2D eigenvalue weighted by Gasteiger charge is 2.16. The lowest BCUT2D eigenvalue weighted by molar-refractivity contribution is -0.121. The number of benzene rings is 1. The molecular weight excluding hydrogens is 366 g/mol. The zero-order chi connectivity index (χ0) is 21.1. The summed E-state index contributed by atoms with van der Waals surface area (Å²) in [5.41, 5.74) is 9.71. The van der Waals surface area contributed by atoms with E-state index in [0.29, 0.717) is 17.9 Å². The molecule has 2 amide bonds. The van der Waals surface area contributed by atoms with E-state index in [1.54, 1.807) is 6.20 Å². The average Bonchev–Trinajstić information content (AvgIpc) is 3.15. The molecule has 0 unspecified atom stereocenters. The molecule has 1 aromatic carbocycles. The molecule has 0 saturated carbocycles. The highest BCUT2D eigenvalue weighted by molar-refractivity contribution is 6.07. The number of rotatable bonds is 6. The monoisotopic (exact) mass is 395 g/mol. The van der Waals surface area contributed by atoms with E-state index >= 15 is 0 Å². The van der Waals surface area contributed by atoms with Gasteiger partial charge in [-0.15, -0.1) is 0 Å². The van der Waals surface area contributed by atoms with E-state index < -0.39 is 0 Å². The van der Waals surface area contributed by atoms with Gasteiger partial charge in [0.1, 0.15) is 0 Å². The Bertz CT molecular complexity index is 1050. The fraction of sp³-hybridized carbons (Fsp3) is 0.409. The maximum atomic E-state index is 12.5. The van der Waals surface area contributed by atoms with E-state index in [-0.39, 0.29) is 18.2 Å². The van der Waals surface area contributed by atoms with Crippen LogP contribution < -0.4 is 10.9 Å². The molecular formula is C22H29N5O2. The van der Waals surface area contributed by atoms with E-state index in [9.17, 15) is 9.59 Å². The van der Waals surface area contributed by atoms with Crippen LogP contribution in [0.4, 0.5) is 0 Å². The number of aryl methyl sites for hydroxylation is 2. The highest BCUT2D eigenvalue weighted by atomic mass is 16.2. The van der Waals surface area contributed by atoms with Gasteiger partial charge in [0.25, 0.3) is 5.91 Å². The molecule has 0 aliphatic rings. The first kappa shape index (κ1) is 20.6. The van der Waals surface area contributed by atoms with Crippen molar-refractivity contribution in [1.29, 1.82) is 0 Å². The summed E-state index contributed by atoms with van der Waals surface area (Å²) in [6.45, 7) is 9.18. The van der Waals surface area contributed by atoms with Gasteiger partial charge in [0.2, 0.25) is 5.91 Å². The Hall–Kier alpha value is -3.09. The first-order valence-electron chi connectivity index (χ1n) is 9.94. The van der Waals surface area contributed by atoms with Crippen LogP contribution >= 0.6 is 0 Å². The summed E-state index contributed by atoms with van der Waals surface area (Å²) in [6.07, 6.45) is 2.64. The normalized spacial score (nSPS) is 11.2. The maximum Gasteiger partial charge on any atom is 0.271 e. The third kappa shape index (κ3) is 4.50. The van der Waals surface area contributed by atoms with E-state index in [2.05, 4.69) is 29.8 Å². The average molecular weight is 396 g/mol. The van der Waals surface area contributed by atoms with Gasteiger partial charge in [-0.25, -0.2) is 0 Å².